The van der Waals surface area contributed by atoms with Crippen LogP contribution in [0.1, 0.15) is 26.5 Å². The molecule has 0 spiro atoms. The maximum absolute atomic E-state index is 12.5. The molecule has 1 N–H and O–H groups in total. The van der Waals surface area contributed by atoms with Gasteiger partial charge in [-0.1, -0.05) is 60.1 Å². The third kappa shape index (κ3) is 5.66. The molecule has 0 saturated carbocycles. The molecule has 3 aromatic carbocycles. The van der Waals surface area contributed by atoms with Crippen LogP contribution in [0.3, 0.4) is 0 Å². The zero-order valence-electron chi connectivity index (χ0n) is 17.9. The van der Waals surface area contributed by atoms with Gasteiger partial charge in [0.2, 0.25) is 0 Å². The molecule has 1 heterocycles. The van der Waals surface area contributed by atoms with E-state index < -0.39 is 0 Å². The summed E-state index contributed by atoms with van der Waals surface area (Å²) in [6.45, 7) is 2.15. The second-order valence-electron chi connectivity index (χ2n) is 7.29. The van der Waals surface area contributed by atoms with Crippen LogP contribution in [0.5, 0.6) is 5.75 Å². The van der Waals surface area contributed by atoms with E-state index in [-0.39, 0.29) is 18.3 Å². The predicted molar refractivity (Wildman–Crippen MR) is 131 cm³/mol. The molecule has 0 saturated heterocycles. The van der Waals surface area contributed by atoms with Gasteiger partial charge in [-0.05, 0) is 37.3 Å². The SMILES string of the molecule is Cc1nc(-c2ccccc2Cl)sc1CNC(=O)COc1ccc(C(=O)c2ccccc2)cc1. The summed E-state index contributed by atoms with van der Waals surface area (Å²) in [6.07, 6.45) is 0. The summed E-state index contributed by atoms with van der Waals surface area (Å²) in [7, 11) is 0. The lowest BCUT2D eigenvalue weighted by Gasteiger charge is -2.08. The van der Waals surface area contributed by atoms with Gasteiger partial charge in [-0.2, -0.15) is 0 Å². The molecule has 4 rings (SSSR count). The van der Waals surface area contributed by atoms with Gasteiger partial charge >= 0.3 is 0 Å². The Morgan fingerprint density at radius 1 is 0.939 bits per heavy atom. The number of carbonyl (C=O) groups excluding carboxylic acids is 2. The third-order valence-electron chi connectivity index (χ3n) is 4.97. The largest absolute Gasteiger partial charge is 0.484 e. The van der Waals surface area contributed by atoms with E-state index in [1.807, 2.05) is 49.4 Å². The first kappa shape index (κ1) is 22.7. The number of nitrogens with zero attached hydrogens (tertiary/aromatic N) is 1. The van der Waals surface area contributed by atoms with Crippen LogP contribution in [0, 0.1) is 6.92 Å². The first-order valence-electron chi connectivity index (χ1n) is 10.3. The highest BCUT2D eigenvalue weighted by atomic mass is 35.5. The first-order chi connectivity index (χ1) is 16.0. The maximum Gasteiger partial charge on any atom is 0.258 e. The molecule has 1 amide bonds. The normalized spacial score (nSPS) is 10.6. The number of halogens is 1. The molecule has 0 fully saturated rings. The van der Waals surface area contributed by atoms with Crippen molar-refractivity contribution >= 4 is 34.6 Å². The molecule has 1 aromatic heterocycles. The zero-order valence-corrected chi connectivity index (χ0v) is 19.5. The minimum absolute atomic E-state index is 0.0593. The average Bonchev–Trinajstić information content (AvgIpc) is 3.22. The number of nitrogens with one attached hydrogen (secondary N) is 1. The van der Waals surface area contributed by atoms with Crippen LogP contribution in [-0.2, 0) is 11.3 Å². The Kier molecular flexibility index (Phi) is 7.17. The van der Waals surface area contributed by atoms with Crippen LogP contribution in [0.2, 0.25) is 5.02 Å². The molecular weight excluding hydrogens is 456 g/mol. The van der Waals surface area contributed by atoms with E-state index in [0.717, 1.165) is 21.1 Å². The Hall–Kier alpha value is -3.48. The number of benzene rings is 3. The summed E-state index contributed by atoms with van der Waals surface area (Å²) < 4.78 is 5.56. The highest BCUT2D eigenvalue weighted by molar-refractivity contribution is 7.15. The Morgan fingerprint density at radius 2 is 1.61 bits per heavy atom. The summed E-state index contributed by atoms with van der Waals surface area (Å²) in [5.74, 6) is 0.215. The number of aryl methyl sites for hydroxylation is 1. The van der Waals surface area contributed by atoms with Crippen molar-refractivity contribution in [2.24, 2.45) is 0 Å². The standard InChI is InChI=1S/C26H21ClN2O3S/c1-17-23(33-26(29-17)21-9-5-6-10-22(21)27)15-28-24(30)16-32-20-13-11-19(12-14-20)25(31)18-7-3-2-4-8-18/h2-14H,15-16H2,1H3,(H,28,30). The zero-order chi connectivity index (χ0) is 23.2. The molecule has 0 radical (unpaired) electrons. The number of hydrogen-bond acceptors (Lipinski definition) is 5. The fourth-order valence-corrected chi connectivity index (χ4v) is 4.50. The van der Waals surface area contributed by atoms with Gasteiger partial charge < -0.3 is 10.1 Å². The molecule has 0 unspecified atom stereocenters. The topological polar surface area (TPSA) is 68.3 Å². The van der Waals surface area contributed by atoms with Crippen molar-refractivity contribution < 1.29 is 14.3 Å². The van der Waals surface area contributed by atoms with Crippen molar-refractivity contribution in [3.8, 4) is 16.3 Å². The van der Waals surface area contributed by atoms with E-state index in [9.17, 15) is 9.59 Å². The summed E-state index contributed by atoms with van der Waals surface area (Å²) in [5.41, 5.74) is 2.92. The third-order valence-corrected chi connectivity index (χ3v) is 6.49. The molecule has 0 aliphatic carbocycles. The van der Waals surface area contributed by atoms with Crippen LogP contribution < -0.4 is 10.1 Å². The Bertz CT molecular complexity index is 1270. The fourth-order valence-electron chi connectivity index (χ4n) is 3.18. The van der Waals surface area contributed by atoms with Crippen molar-refractivity contribution in [2.75, 3.05) is 6.61 Å². The van der Waals surface area contributed by atoms with Crippen LogP contribution in [0.25, 0.3) is 10.6 Å². The fraction of sp³-hybridized carbons (Fsp3) is 0.115. The molecular formula is C26H21ClN2O3S. The molecule has 0 atom stereocenters. The van der Waals surface area contributed by atoms with Crippen molar-refractivity contribution in [1.82, 2.24) is 10.3 Å². The molecule has 33 heavy (non-hydrogen) atoms. The minimum Gasteiger partial charge on any atom is -0.484 e. The van der Waals surface area contributed by atoms with Crippen LogP contribution in [0.4, 0.5) is 0 Å². The minimum atomic E-state index is -0.244. The van der Waals surface area contributed by atoms with E-state index in [0.29, 0.717) is 28.4 Å². The smallest absolute Gasteiger partial charge is 0.258 e. The highest BCUT2D eigenvalue weighted by Gasteiger charge is 2.13. The van der Waals surface area contributed by atoms with Gasteiger partial charge in [0.05, 0.1) is 17.3 Å². The van der Waals surface area contributed by atoms with E-state index >= 15 is 0 Å². The number of hydrogen-bond donors (Lipinski definition) is 1. The number of thiazole rings is 1. The summed E-state index contributed by atoms with van der Waals surface area (Å²) >= 11 is 7.77. The molecule has 0 aliphatic heterocycles. The van der Waals surface area contributed by atoms with Gasteiger partial charge in [0.15, 0.2) is 12.4 Å². The van der Waals surface area contributed by atoms with Crippen LogP contribution >= 0.6 is 22.9 Å². The lowest BCUT2D eigenvalue weighted by atomic mass is 10.0. The van der Waals surface area contributed by atoms with Gasteiger partial charge in [0, 0.05) is 21.6 Å². The van der Waals surface area contributed by atoms with E-state index in [1.165, 1.54) is 11.3 Å². The first-order valence-corrected chi connectivity index (χ1v) is 11.5. The van der Waals surface area contributed by atoms with E-state index in [1.54, 1.807) is 36.4 Å². The highest BCUT2D eigenvalue weighted by Crippen LogP contribution is 2.32. The molecule has 7 heteroatoms. The second kappa shape index (κ2) is 10.4. The molecule has 0 bridgehead atoms. The van der Waals surface area contributed by atoms with Crippen LogP contribution in [0.15, 0.2) is 78.9 Å². The number of carbonyl (C=O) groups is 2. The second-order valence-corrected chi connectivity index (χ2v) is 8.78. The van der Waals surface area contributed by atoms with E-state index in [2.05, 4.69) is 10.3 Å². The van der Waals surface area contributed by atoms with Gasteiger partial charge in [0.25, 0.3) is 5.91 Å². The summed E-state index contributed by atoms with van der Waals surface area (Å²) in [5, 5.41) is 4.33. The number of rotatable bonds is 8. The monoisotopic (exact) mass is 476 g/mol. The van der Waals surface area contributed by atoms with Gasteiger partial charge in [0.1, 0.15) is 10.8 Å². The summed E-state index contributed by atoms with van der Waals surface area (Å²) in [4.78, 5) is 30.3. The maximum atomic E-state index is 12.5. The lowest BCUT2D eigenvalue weighted by Crippen LogP contribution is -2.28. The molecule has 0 aliphatic rings. The molecule has 166 valence electrons. The van der Waals surface area contributed by atoms with Gasteiger partial charge in [-0.25, -0.2) is 4.98 Å². The Balaban J connectivity index is 1.30. The number of ketones is 1. The van der Waals surface area contributed by atoms with Crippen molar-refractivity contribution in [3.63, 3.8) is 0 Å². The van der Waals surface area contributed by atoms with Crippen LogP contribution in [-0.4, -0.2) is 23.3 Å². The Labute approximate surface area is 201 Å². The van der Waals surface area contributed by atoms with Crippen molar-refractivity contribution in [1.29, 1.82) is 0 Å². The number of aromatic nitrogens is 1. The average molecular weight is 477 g/mol. The lowest BCUT2D eigenvalue weighted by molar-refractivity contribution is -0.123. The number of ether oxygens (including phenoxy) is 1. The van der Waals surface area contributed by atoms with Gasteiger partial charge in [-0.3, -0.25) is 9.59 Å². The quantitative estimate of drug-likeness (QED) is 0.331. The number of amides is 1. The van der Waals surface area contributed by atoms with Gasteiger partial charge in [-0.15, -0.1) is 11.3 Å². The summed E-state index contributed by atoms with van der Waals surface area (Å²) in [6, 6.07) is 23.4. The molecule has 5 nitrogen and oxygen atoms in total. The molecule has 4 aromatic rings. The van der Waals surface area contributed by atoms with E-state index in [4.69, 9.17) is 16.3 Å². The predicted octanol–water partition coefficient (Wildman–Crippen LogP) is 5.70. The Morgan fingerprint density at radius 3 is 2.33 bits per heavy atom. The van der Waals surface area contributed by atoms with Crippen molar-refractivity contribution in [2.45, 2.75) is 13.5 Å². The van der Waals surface area contributed by atoms with Crippen molar-refractivity contribution in [3.05, 3.63) is 106 Å².